The third-order valence-electron chi connectivity index (χ3n) is 2.65. The lowest BCUT2D eigenvalue weighted by Gasteiger charge is -2.08. The molecule has 0 bridgehead atoms. The van der Waals surface area contributed by atoms with Crippen molar-refractivity contribution in [1.29, 1.82) is 0 Å². The predicted octanol–water partition coefficient (Wildman–Crippen LogP) is 2.09. The maximum absolute atomic E-state index is 10.5. The molecule has 68 valence electrons. The summed E-state index contributed by atoms with van der Waals surface area (Å²) in [5.41, 5.74) is 3.82. The van der Waals surface area contributed by atoms with Crippen molar-refractivity contribution in [2.75, 3.05) is 11.9 Å². The van der Waals surface area contributed by atoms with Crippen LogP contribution in [0, 0.1) is 6.92 Å². The van der Waals surface area contributed by atoms with Gasteiger partial charge in [-0.15, -0.1) is 0 Å². The van der Waals surface area contributed by atoms with Gasteiger partial charge in [-0.3, -0.25) is 0 Å². The molecular weight excluding hydrogens is 162 g/mol. The first-order valence-corrected chi connectivity index (χ1v) is 4.60. The minimum Gasteiger partial charge on any atom is -0.384 e. The lowest BCUT2D eigenvalue weighted by molar-refractivity contribution is -0.108. The van der Waals surface area contributed by atoms with Crippen LogP contribution >= 0.6 is 0 Å². The number of carbonyl (C=O) groups excluding carboxylic acids is 1. The van der Waals surface area contributed by atoms with E-state index in [4.69, 9.17) is 0 Å². The van der Waals surface area contributed by atoms with Gasteiger partial charge in [0.15, 0.2) is 0 Å². The number of anilines is 1. The molecule has 1 N–H and O–H groups in total. The van der Waals surface area contributed by atoms with Crippen LogP contribution in [-0.2, 0) is 4.79 Å². The van der Waals surface area contributed by atoms with Gasteiger partial charge in [-0.25, -0.2) is 0 Å². The Labute approximate surface area is 78.0 Å². The summed E-state index contributed by atoms with van der Waals surface area (Å²) in [5, 5.41) is 3.32. The fourth-order valence-corrected chi connectivity index (χ4v) is 2.03. The number of hydrogen-bond donors (Lipinski definition) is 1. The van der Waals surface area contributed by atoms with Crippen LogP contribution in [0.3, 0.4) is 0 Å². The van der Waals surface area contributed by atoms with E-state index in [1.807, 2.05) is 6.07 Å². The van der Waals surface area contributed by atoms with E-state index in [1.165, 1.54) is 16.8 Å². The number of aryl methyl sites for hydroxylation is 1. The SMILES string of the molecule is Cc1cccc2c1C(CC=O)CN2. The van der Waals surface area contributed by atoms with Gasteiger partial charge in [0.25, 0.3) is 0 Å². The van der Waals surface area contributed by atoms with E-state index in [0.717, 1.165) is 12.8 Å². The van der Waals surface area contributed by atoms with Gasteiger partial charge in [0, 0.05) is 24.6 Å². The number of nitrogens with one attached hydrogen (secondary N) is 1. The Morgan fingerprint density at radius 3 is 3.23 bits per heavy atom. The largest absolute Gasteiger partial charge is 0.384 e. The minimum atomic E-state index is 0.383. The quantitative estimate of drug-likeness (QED) is 0.697. The molecule has 1 aliphatic rings. The predicted molar refractivity (Wildman–Crippen MR) is 53.1 cm³/mol. The summed E-state index contributed by atoms with van der Waals surface area (Å²) in [6.07, 6.45) is 1.64. The lowest BCUT2D eigenvalue weighted by Crippen LogP contribution is -2.02. The van der Waals surface area contributed by atoms with Crippen molar-refractivity contribution in [3.63, 3.8) is 0 Å². The Hall–Kier alpha value is -1.31. The smallest absolute Gasteiger partial charge is 0.120 e. The summed E-state index contributed by atoms with van der Waals surface area (Å²) >= 11 is 0. The minimum absolute atomic E-state index is 0.383. The van der Waals surface area contributed by atoms with Gasteiger partial charge in [0.2, 0.25) is 0 Å². The molecule has 1 aromatic rings. The van der Waals surface area contributed by atoms with Crippen molar-refractivity contribution in [2.45, 2.75) is 19.3 Å². The second-order valence-corrected chi connectivity index (χ2v) is 3.52. The van der Waals surface area contributed by atoms with Gasteiger partial charge < -0.3 is 10.1 Å². The Morgan fingerprint density at radius 2 is 2.46 bits per heavy atom. The second kappa shape index (κ2) is 3.21. The van der Waals surface area contributed by atoms with Crippen LogP contribution in [0.2, 0.25) is 0 Å². The molecule has 0 spiro atoms. The van der Waals surface area contributed by atoms with Crippen molar-refractivity contribution >= 4 is 12.0 Å². The van der Waals surface area contributed by atoms with Crippen LogP contribution in [-0.4, -0.2) is 12.8 Å². The van der Waals surface area contributed by atoms with E-state index in [2.05, 4.69) is 24.4 Å². The van der Waals surface area contributed by atoms with Gasteiger partial charge in [0.1, 0.15) is 6.29 Å². The number of benzene rings is 1. The molecule has 0 saturated heterocycles. The fourth-order valence-electron chi connectivity index (χ4n) is 2.03. The number of carbonyl (C=O) groups is 1. The van der Waals surface area contributed by atoms with E-state index < -0.39 is 0 Å². The zero-order valence-electron chi connectivity index (χ0n) is 7.71. The van der Waals surface area contributed by atoms with Crippen LogP contribution in [0.15, 0.2) is 18.2 Å². The summed E-state index contributed by atoms with van der Waals surface area (Å²) in [6, 6.07) is 6.22. The van der Waals surface area contributed by atoms with Gasteiger partial charge in [-0.1, -0.05) is 12.1 Å². The fraction of sp³-hybridized carbons (Fsp3) is 0.364. The van der Waals surface area contributed by atoms with E-state index in [-0.39, 0.29) is 0 Å². The molecule has 0 radical (unpaired) electrons. The zero-order chi connectivity index (χ0) is 9.26. The summed E-state index contributed by atoms with van der Waals surface area (Å²) in [5.74, 6) is 0.383. The molecular formula is C11H13NO. The first-order chi connectivity index (χ1) is 6.33. The van der Waals surface area contributed by atoms with Crippen LogP contribution in [0.5, 0.6) is 0 Å². The molecule has 0 amide bonds. The van der Waals surface area contributed by atoms with Gasteiger partial charge in [-0.2, -0.15) is 0 Å². The Balaban J connectivity index is 2.39. The van der Waals surface area contributed by atoms with Crippen LogP contribution < -0.4 is 5.32 Å². The molecule has 0 aromatic heterocycles. The maximum atomic E-state index is 10.5. The molecule has 1 aliphatic heterocycles. The normalized spacial score (nSPS) is 19.3. The van der Waals surface area contributed by atoms with Crippen molar-refractivity contribution in [3.05, 3.63) is 29.3 Å². The number of fused-ring (bicyclic) bond motifs is 1. The van der Waals surface area contributed by atoms with Crippen molar-refractivity contribution < 1.29 is 4.79 Å². The molecule has 1 atom stereocenters. The highest BCUT2D eigenvalue weighted by Crippen LogP contribution is 2.35. The topological polar surface area (TPSA) is 29.1 Å². The summed E-state index contributed by atoms with van der Waals surface area (Å²) in [6.45, 7) is 3.00. The average molecular weight is 175 g/mol. The molecule has 2 rings (SSSR count). The Morgan fingerprint density at radius 1 is 1.62 bits per heavy atom. The highest BCUT2D eigenvalue weighted by Gasteiger charge is 2.22. The molecule has 0 aliphatic carbocycles. The maximum Gasteiger partial charge on any atom is 0.120 e. The monoisotopic (exact) mass is 175 g/mol. The number of aldehydes is 1. The van der Waals surface area contributed by atoms with Gasteiger partial charge >= 0.3 is 0 Å². The van der Waals surface area contributed by atoms with Crippen LogP contribution in [0.1, 0.15) is 23.5 Å². The highest BCUT2D eigenvalue weighted by atomic mass is 16.1. The average Bonchev–Trinajstić information content (AvgIpc) is 2.51. The first kappa shape index (κ1) is 8.30. The van der Waals surface area contributed by atoms with Gasteiger partial charge in [0.05, 0.1) is 0 Å². The summed E-state index contributed by atoms with van der Waals surface area (Å²) < 4.78 is 0. The van der Waals surface area contributed by atoms with Crippen LogP contribution in [0.25, 0.3) is 0 Å². The summed E-state index contributed by atoms with van der Waals surface area (Å²) in [7, 11) is 0. The van der Waals surface area contributed by atoms with Gasteiger partial charge in [-0.05, 0) is 24.1 Å². The molecule has 2 heteroatoms. The molecule has 0 saturated carbocycles. The molecule has 2 nitrogen and oxygen atoms in total. The third kappa shape index (κ3) is 1.32. The number of hydrogen-bond acceptors (Lipinski definition) is 2. The van der Waals surface area contributed by atoms with E-state index in [9.17, 15) is 4.79 Å². The second-order valence-electron chi connectivity index (χ2n) is 3.52. The zero-order valence-corrected chi connectivity index (χ0v) is 7.71. The highest BCUT2D eigenvalue weighted by molar-refractivity contribution is 5.64. The number of rotatable bonds is 2. The molecule has 1 heterocycles. The van der Waals surface area contributed by atoms with Crippen molar-refractivity contribution in [1.82, 2.24) is 0 Å². The summed E-state index contributed by atoms with van der Waals surface area (Å²) in [4.78, 5) is 10.5. The standard InChI is InChI=1S/C11H13NO/c1-8-3-2-4-10-11(8)9(5-6-13)7-12-10/h2-4,6,9,12H,5,7H2,1H3. The Bertz CT molecular complexity index is 333. The third-order valence-corrected chi connectivity index (χ3v) is 2.65. The van der Waals surface area contributed by atoms with Crippen LogP contribution in [0.4, 0.5) is 5.69 Å². The van der Waals surface area contributed by atoms with E-state index in [0.29, 0.717) is 12.3 Å². The molecule has 1 aromatic carbocycles. The molecule has 1 unspecified atom stereocenters. The molecule has 13 heavy (non-hydrogen) atoms. The molecule has 0 fully saturated rings. The van der Waals surface area contributed by atoms with E-state index in [1.54, 1.807) is 0 Å². The van der Waals surface area contributed by atoms with E-state index >= 15 is 0 Å². The lowest BCUT2D eigenvalue weighted by atomic mass is 9.94. The first-order valence-electron chi connectivity index (χ1n) is 4.60. The van der Waals surface area contributed by atoms with Crippen molar-refractivity contribution in [2.24, 2.45) is 0 Å². The van der Waals surface area contributed by atoms with Crippen molar-refractivity contribution in [3.8, 4) is 0 Å². The Kier molecular flexibility index (Phi) is 2.05.